The standard InChI is InChI=1S/C18H22ClFN2O4/c1-21(10-13-14(19)6-5-7-15(13)20)17(24)12-26-18(25)11-22-9-4-2-3-8-16(22)23/h5-7H,2-4,8-12H2,1H3. The summed E-state index contributed by atoms with van der Waals surface area (Å²) in [4.78, 5) is 38.5. The van der Waals surface area contributed by atoms with Gasteiger partial charge < -0.3 is 14.5 Å². The zero-order chi connectivity index (χ0) is 19.1. The predicted molar refractivity (Wildman–Crippen MR) is 93.9 cm³/mol. The van der Waals surface area contributed by atoms with Gasteiger partial charge in [0.2, 0.25) is 5.91 Å². The minimum Gasteiger partial charge on any atom is -0.454 e. The average Bonchev–Trinajstić information content (AvgIpc) is 2.80. The van der Waals surface area contributed by atoms with Gasteiger partial charge in [-0.15, -0.1) is 0 Å². The summed E-state index contributed by atoms with van der Waals surface area (Å²) in [6.07, 6.45) is 3.06. The van der Waals surface area contributed by atoms with E-state index in [0.29, 0.717) is 13.0 Å². The normalized spacial score (nSPS) is 14.7. The van der Waals surface area contributed by atoms with Crippen LogP contribution in [-0.2, 0) is 25.7 Å². The van der Waals surface area contributed by atoms with Crippen molar-refractivity contribution in [1.29, 1.82) is 0 Å². The molecule has 8 heteroatoms. The van der Waals surface area contributed by atoms with Crippen LogP contribution in [0.15, 0.2) is 18.2 Å². The van der Waals surface area contributed by atoms with Crippen molar-refractivity contribution >= 4 is 29.4 Å². The van der Waals surface area contributed by atoms with E-state index in [1.807, 2.05) is 0 Å². The first kappa shape index (κ1) is 20.2. The first-order chi connectivity index (χ1) is 12.4. The Bertz CT molecular complexity index is 663. The van der Waals surface area contributed by atoms with Crippen LogP contribution in [0.2, 0.25) is 5.02 Å². The molecule has 0 saturated carbocycles. The molecule has 2 rings (SSSR count). The van der Waals surface area contributed by atoms with Crippen LogP contribution >= 0.6 is 11.6 Å². The maximum atomic E-state index is 13.8. The Morgan fingerprint density at radius 2 is 2.08 bits per heavy atom. The quantitative estimate of drug-likeness (QED) is 0.706. The molecule has 142 valence electrons. The fraction of sp³-hybridized carbons (Fsp3) is 0.500. The molecule has 0 aliphatic carbocycles. The van der Waals surface area contributed by atoms with E-state index in [9.17, 15) is 18.8 Å². The molecule has 0 aromatic heterocycles. The second-order valence-electron chi connectivity index (χ2n) is 6.24. The number of carbonyl (C=O) groups excluding carboxylic acids is 3. The highest BCUT2D eigenvalue weighted by atomic mass is 35.5. The molecular weight excluding hydrogens is 363 g/mol. The Morgan fingerprint density at radius 3 is 2.81 bits per heavy atom. The number of ether oxygens (including phenoxy) is 1. The summed E-state index contributed by atoms with van der Waals surface area (Å²) in [6, 6.07) is 4.28. The van der Waals surface area contributed by atoms with E-state index >= 15 is 0 Å². The second kappa shape index (κ2) is 9.52. The third-order valence-corrected chi connectivity index (χ3v) is 4.58. The monoisotopic (exact) mass is 384 g/mol. The molecule has 0 bridgehead atoms. The van der Waals surface area contributed by atoms with E-state index in [2.05, 4.69) is 0 Å². The van der Waals surface area contributed by atoms with Gasteiger partial charge in [0.25, 0.3) is 5.91 Å². The van der Waals surface area contributed by atoms with Crippen LogP contribution in [0.1, 0.15) is 31.2 Å². The third-order valence-electron chi connectivity index (χ3n) is 4.23. The number of likely N-dealkylation sites (N-methyl/N-ethyl adjacent to an activating group) is 1. The number of likely N-dealkylation sites (tertiary alicyclic amines) is 1. The lowest BCUT2D eigenvalue weighted by Gasteiger charge is -2.21. The number of esters is 1. The molecule has 0 atom stereocenters. The Morgan fingerprint density at radius 1 is 1.31 bits per heavy atom. The lowest BCUT2D eigenvalue weighted by molar-refractivity contribution is -0.154. The van der Waals surface area contributed by atoms with Gasteiger partial charge in [-0.1, -0.05) is 24.1 Å². The van der Waals surface area contributed by atoms with Crippen LogP contribution in [0, 0.1) is 5.82 Å². The van der Waals surface area contributed by atoms with Crippen LogP contribution in [0.3, 0.4) is 0 Å². The number of amides is 2. The van der Waals surface area contributed by atoms with Gasteiger partial charge in [-0.2, -0.15) is 0 Å². The van der Waals surface area contributed by atoms with Crippen molar-refractivity contribution in [2.75, 3.05) is 26.7 Å². The topological polar surface area (TPSA) is 66.9 Å². The zero-order valence-corrected chi connectivity index (χ0v) is 15.4. The first-order valence-corrected chi connectivity index (χ1v) is 8.86. The molecular formula is C18H22ClFN2O4. The molecule has 1 aromatic carbocycles. The van der Waals surface area contributed by atoms with Gasteiger partial charge in [0.05, 0.1) is 0 Å². The van der Waals surface area contributed by atoms with Gasteiger partial charge in [0.1, 0.15) is 12.4 Å². The molecule has 1 fully saturated rings. The van der Waals surface area contributed by atoms with Crippen molar-refractivity contribution in [3.63, 3.8) is 0 Å². The number of nitrogens with zero attached hydrogens (tertiary/aromatic N) is 2. The summed E-state index contributed by atoms with van der Waals surface area (Å²) in [5.41, 5.74) is 0.200. The molecule has 2 amide bonds. The number of halogens is 2. The Kier molecular flexibility index (Phi) is 7.38. The number of benzene rings is 1. The number of carbonyl (C=O) groups is 3. The van der Waals surface area contributed by atoms with Crippen LogP contribution in [0.5, 0.6) is 0 Å². The molecule has 0 N–H and O–H groups in total. The van der Waals surface area contributed by atoms with Crippen LogP contribution in [0.4, 0.5) is 4.39 Å². The van der Waals surface area contributed by atoms with E-state index in [4.69, 9.17) is 16.3 Å². The van der Waals surface area contributed by atoms with Crippen LogP contribution in [0.25, 0.3) is 0 Å². The minimum atomic E-state index is -0.633. The fourth-order valence-corrected chi connectivity index (χ4v) is 2.89. The number of hydrogen-bond donors (Lipinski definition) is 0. The highest BCUT2D eigenvalue weighted by molar-refractivity contribution is 6.31. The highest BCUT2D eigenvalue weighted by Crippen LogP contribution is 2.20. The molecule has 1 aliphatic heterocycles. The summed E-state index contributed by atoms with van der Waals surface area (Å²) >= 11 is 5.94. The Hall–Kier alpha value is -2.15. The molecule has 1 heterocycles. The van der Waals surface area contributed by atoms with Crippen molar-refractivity contribution < 1.29 is 23.5 Å². The lowest BCUT2D eigenvalue weighted by atomic mass is 10.2. The summed E-state index contributed by atoms with van der Waals surface area (Å²) < 4.78 is 18.7. The maximum Gasteiger partial charge on any atom is 0.326 e. The van der Waals surface area contributed by atoms with E-state index in [1.165, 1.54) is 35.0 Å². The molecule has 1 aliphatic rings. The lowest BCUT2D eigenvalue weighted by Crippen LogP contribution is -2.37. The Balaban J connectivity index is 1.81. The maximum absolute atomic E-state index is 13.8. The molecule has 1 aromatic rings. The van der Waals surface area contributed by atoms with Gasteiger partial charge in [0, 0.05) is 37.1 Å². The summed E-state index contributed by atoms with van der Waals surface area (Å²) in [7, 11) is 1.47. The minimum absolute atomic E-state index is 0.0352. The third kappa shape index (κ3) is 5.69. The van der Waals surface area contributed by atoms with Gasteiger partial charge in [0.15, 0.2) is 6.61 Å². The van der Waals surface area contributed by atoms with Crippen molar-refractivity contribution in [2.24, 2.45) is 0 Å². The predicted octanol–water partition coefficient (Wildman–Crippen LogP) is 2.38. The molecule has 6 nitrogen and oxygen atoms in total. The second-order valence-corrected chi connectivity index (χ2v) is 6.64. The van der Waals surface area contributed by atoms with Crippen molar-refractivity contribution in [3.8, 4) is 0 Å². The van der Waals surface area contributed by atoms with E-state index in [1.54, 1.807) is 0 Å². The summed E-state index contributed by atoms with van der Waals surface area (Å²) in [5, 5.41) is 0.223. The van der Waals surface area contributed by atoms with E-state index in [-0.39, 0.29) is 29.6 Å². The van der Waals surface area contributed by atoms with Gasteiger partial charge in [-0.25, -0.2) is 4.39 Å². The van der Waals surface area contributed by atoms with Gasteiger partial charge >= 0.3 is 5.97 Å². The largest absolute Gasteiger partial charge is 0.454 e. The van der Waals surface area contributed by atoms with E-state index in [0.717, 1.165) is 19.3 Å². The van der Waals surface area contributed by atoms with Gasteiger partial charge in [-0.05, 0) is 25.0 Å². The van der Waals surface area contributed by atoms with Crippen molar-refractivity contribution in [3.05, 3.63) is 34.6 Å². The average molecular weight is 385 g/mol. The molecule has 0 spiro atoms. The molecule has 0 unspecified atom stereocenters. The smallest absolute Gasteiger partial charge is 0.326 e. The molecule has 1 saturated heterocycles. The fourth-order valence-electron chi connectivity index (χ4n) is 2.67. The SMILES string of the molecule is CN(Cc1c(F)cccc1Cl)C(=O)COC(=O)CN1CCCCCC1=O. The highest BCUT2D eigenvalue weighted by Gasteiger charge is 2.21. The first-order valence-electron chi connectivity index (χ1n) is 8.48. The molecule has 26 heavy (non-hydrogen) atoms. The number of rotatable bonds is 6. The van der Waals surface area contributed by atoms with Crippen LogP contribution in [-0.4, -0.2) is 54.3 Å². The van der Waals surface area contributed by atoms with E-state index < -0.39 is 24.3 Å². The zero-order valence-electron chi connectivity index (χ0n) is 14.7. The van der Waals surface area contributed by atoms with Crippen molar-refractivity contribution in [2.45, 2.75) is 32.2 Å². The molecule has 0 radical (unpaired) electrons. The van der Waals surface area contributed by atoms with Crippen LogP contribution < -0.4 is 0 Å². The van der Waals surface area contributed by atoms with Crippen molar-refractivity contribution in [1.82, 2.24) is 9.80 Å². The number of hydrogen-bond acceptors (Lipinski definition) is 4. The Labute approximate surface area is 156 Å². The van der Waals surface area contributed by atoms with Gasteiger partial charge in [-0.3, -0.25) is 14.4 Å². The summed E-state index contributed by atoms with van der Waals surface area (Å²) in [6.45, 7) is -0.140. The summed E-state index contributed by atoms with van der Waals surface area (Å²) in [5.74, 6) is -1.70.